The van der Waals surface area contributed by atoms with Crippen LogP contribution in [-0.2, 0) is 28.8 Å². The summed E-state index contributed by atoms with van der Waals surface area (Å²) in [6.07, 6.45) is 6.59. The van der Waals surface area contributed by atoms with Crippen molar-refractivity contribution in [2.24, 2.45) is 5.73 Å². The maximum Gasteiger partial charge on any atom is 0.335 e. The number of hydrogen-bond donors (Lipinski definition) is 9. The van der Waals surface area contributed by atoms with Crippen LogP contribution in [0.15, 0.2) is 24.3 Å². The number of primary amides is 1. The minimum atomic E-state index is -1.53. The quantitative estimate of drug-likeness (QED) is 0.0542. The standard InChI is InChI=1S/C31H47N5O12/c32-25(39)17-33-28(42)23(18-37)36-29(43)24(19-38)35-27(41)15-14-22(31(46)47)34-26(40)9-7-5-3-1-2-4-6-8-16-48-21-12-10-20(11-13-21)30(44)45/h10-13,22-24,37-38H,1-9,14-19H2,(H2,32,39)(H,33,42)(H,34,40)(H,35,41)(H,36,43)(H,44,45)(H,46,47)/t22-,23?,24-/m0/s1. The molecule has 17 heteroatoms. The second-order valence-corrected chi connectivity index (χ2v) is 11.0. The van der Waals surface area contributed by atoms with Crippen molar-refractivity contribution in [3.05, 3.63) is 29.8 Å². The van der Waals surface area contributed by atoms with Gasteiger partial charge in [0.15, 0.2) is 0 Å². The van der Waals surface area contributed by atoms with Gasteiger partial charge in [0.05, 0.1) is 31.9 Å². The number of amides is 5. The fourth-order valence-corrected chi connectivity index (χ4v) is 4.36. The highest BCUT2D eigenvalue weighted by atomic mass is 16.5. The number of carboxylic acid groups (broad SMARTS) is 2. The second-order valence-electron chi connectivity index (χ2n) is 11.0. The molecule has 0 aliphatic carbocycles. The third-order valence-electron chi connectivity index (χ3n) is 7.05. The Labute approximate surface area is 278 Å². The first-order valence-corrected chi connectivity index (χ1v) is 15.7. The molecule has 0 aliphatic heterocycles. The fourth-order valence-electron chi connectivity index (χ4n) is 4.36. The predicted octanol–water partition coefficient (Wildman–Crippen LogP) is -0.820. The van der Waals surface area contributed by atoms with Gasteiger partial charge in [-0.2, -0.15) is 0 Å². The monoisotopic (exact) mass is 681 g/mol. The van der Waals surface area contributed by atoms with Crippen LogP contribution in [0.5, 0.6) is 5.75 Å². The van der Waals surface area contributed by atoms with Crippen LogP contribution in [0.3, 0.4) is 0 Å². The van der Waals surface area contributed by atoms with Crippen molar-refractivity contribution in [2.45, 2.75) is 88.8 Å². The van der Waals surface area contributed by atoms with Crippen LogP contribution in [0.25, 0.3) is 0 Å². The summed E-state index contributed by atoms with van der Waals surface area (Å²) in [4.78, 5) is 82.3. The summed E-state index contributed by atoms with van der Waals surface area (Å²) < 4.78 is 5.61. The third-order valence-corrected chi connectivity index (χ3v) is 7.05. The molecule has 0 saturated carbocycles. The predicted molar refractivity (Wildman–Crippen MR) is 169 cm³/mol. The van der Waals surface area contributed by atoms with Gasteiger partial charge in [-0.05, 0) is 43.5 Å². The van der Waals surface area contributed by atoms with Gasteiger partial charge in [0.25, 0.3) is 0 Å². The fraction of sp³-hybridized carbons (Fsp3) is 0.581. The number of carboxylic acids is 2. The molecule has 10 N–H and O–H groups in total. The summed E-state index contributed by atoms with van der Waals surface area (Å²) >= 11 is 0. The van der Waals surface area contributed by atoms with Crippen molar-refractivity contribution >= 4 is 41.5 Å². The van der Waals surface area contributed by atoms with Crippen molar-refractivity contribution < 1.29 is 58.7 Å². The third kappa shape index (κ3) is 17.8. The van der Waals surface area contributed by atoms with Crippen LogP contribution in [0.2, 0.25) is 0 Å². The van der Waals surface area contributed by atoms with Crippen molar-refractivity contribution in [3.8, 4) is 5.75 Å². The normalized spacial score (nSPS) is 12.5. The van der Waals surface area contributed by atoms with Gasteiger partial charge in [-0.1, -0.05) is 38.5 Å². The maximum absolute atomic E-state index is 12.4. The molecule has 17 nitrogen and oxygen atoms in total. The van der Waals surface area contributed by atoms with Crippen molar-refractivity contribution in [2.75, 3.05) is 26.4 Å². The summed E-state index contributed by atoms with van der Waals surface area (Å²) in [5, 5.41) is 46.0. The molecule has 1 unspecified atom stereocenters. The first-order chi connectivity index (χ1) is 22.9. The lowest BCUT2D eigenvalue weighted by atomic mass is 10.1. The summed E-state index contributed by atoms with van der Waals surface area (Å²) in [6.45, 7) is -1.72. The average Bonchev–Trinajstić information content (AvgIpc) is 3.05. The van der Waals surface area contributed by atoms with E-state index in [-0.39, 0.29) is 18.4 Å². The Morgan fingerprint density at radius 2 is 1.19 bits per heavy atom. The van der Waals surface area contributed by atoms with Crippen molar-refractivity contribution in [1.29, 1.82) is 0 Å². The molecule has 0 aromatic heterocycles. The number of aliphatic hydroxyl groups excluding tert-OH is 2. The number of unbranched alkanes of at least 4 members (excludes halogenated alkanes) is 7. The maximum atomic E-state index is 12.4. The molecule has 48 heavy (non-hydrogen) atoms. The number of benzene rings is 1. The molecule has 0 fully saturated rings. The second kappa shape index (κ2) is 23.5. The SMILES string of the molecule is NC(=O)CNC(=O)C(CO)NC(=O)[C@H](CO)NC(=O)CC[C@H](NC(=O)CCCCCCCCCCOc1ccc(C(=O)O)cc1)C(=O)O. The Morgan fingerprint density at radius 1 is 0.667 bits per heavy atom. The Kier molecular flexibility index (Phi) is 20.2. The number of nitrogens with two attached hydrogens (primary N) is 1. The smallest absolute Gasteiger partial charge is 0.335 e. The lowest BCUT2D eigenvalue weighted by molar-refractivity contribution is -0.142. The molecule has 5 amide bonds. The van der Waals surface area contributed by atoms with E-state index in [1.54, 1.807) is 12.1 Å². The molecule has 3 atom stereocenters. The average molecular weight is 682 g/mol. The number of hydrogen-bond acceptors (Lipinski definition) is 10. The van der Waals surface area contributed by atoms with Gasteiger partial charge < -0.3 is 52.2 Å². The van der Waals surface area contributed by atoms with E-state index < -0.39 is 85.8 Å². The van der Waals surface area contributed by atoms with E-state index in [1.165, 1.54) is 12.1 Å². The van der Waals surface area contributed by atoms with Gasteiger partial charge in [-0.25, -0.2) is 9.59 Å². The van der Waals surface area contributed by atoms with E-state index in [1.807, 2.05) is 0 Å². The highest BCUT2D eigenvalue weighted by molar-refractivity contribution is 5.93. The van der Waals surface area contributed by atoms with E-state index in [0.717, 1.165) is 44.9 Å². The lowest BCUT2D eigenvalue weighted by Crippen LogP contribution is -2.56. The van der Waals surface area contributed by atoms with Gasteiger partial charge in [0.2, 0.25) is 29.5 Å². The summed E-state index contributed by atoms with van der Waals surface area (Å²) in [5.74, 6) is -5.78. The van der Waals surface area contributed by atoms with Crippen LogP contribution in [0.1, 0.15) is 81.0 Å². The van der Waals surface area contributed by atoms with E-state index in [2.05, 4.69) is 21.3 Å². The van der Waals surface area contributed by atoms with E-state index in [9.17, 15) is 48.9 Å². The molecule has 1 aromatic rings. The molecule has 1 rings (SSSR count). The summed E-state index contributed by atoms with van der Waals surface area (Å²) in [5.41, 5.74) is 5.13. The van der Waals surface area contributed by atoms with Crippen LogP contribution in [0, 0.1) is 0 Å². The van der Waals surface area contributed by atoms with Crippen LogP contribution < -0.4 is 31.7 Å². The van der Waals surface area contributed by atoms with Gasteiger partial charge >= 0.3 is 11.9 Å². The number of rotatable bonds is 26. The Morgan fingerprint density at radius 3 is 1.73 bits per heavy atom. The highest BCUT2D eigenvalue weighted by Gasteiger charge is 2.27. The zero-order chi connectivity index (χ0) is 35.9. The van der Waals surface area contributed by atoms with Gasteiger partial charge in [0.1, 0.15) is 23.9 Å². The minimum absolute atomic E-state index is 0.118. The number of aliphatic hydroxyl groups is 2. The molecule has 0 heterocycles. The summed E-state index contributed by atoms with van der Waals surface area (Å²) in [6, 6.07) is 1.87. The Hall–Kier alpha value is -4.77. The number of aliphatic carboxylic acids is 1. The molecular formula is C31H47N5O12. The number of carbonyl (C=O) groups excluding carboxylic acids is 5. The number of carbonyl (C=O) groups is 7. The van der Waals surface area contributed by atoms with Crippen LogP contribution in [0.4, 0.5) is 0 Å². The first-order valence-electron chi connectivity index (χ1n) is 15.7. The minimum Gasteiger partial charge on any atom is -0.494 e. The van der Waals surface area contributed by atoms with Crippen molar-refractivity contribution in [1.82, 2.24) is 21.3 Å². The Bertz CT molecular complexity index is 1210. The number of nitrogens with one attached hydrogen (secondary N) is 4. The largest absolute Gasteiger partial charge is 0.494 e. The van der Waals surface area contributed by atoms with Gasteiger partial charge in [0, 0.05) is 12.8 Å². The highest BCUT2D eigenvalue weighted by Crippen LogP contribution is 2.14. The molecule has 0 spiro atoms. The van der Waals surface area contributed by atoms with Gasteiger partial charge in [-0.3, -0.25) is 24.0 Å². The topological polar surface area (TPSA) is 284 Å². The molecule has 0 radical (unpaired) electrons. The van der Waals surface area contributed by atoms with Crippen molar-refractivity contribution in [3.63, 3.8) is 0 Å². The molecular weight excluding hydrogens is 634 g/mol. The molecule has 0 saturated heterocycles. The van der Waals surface area contributed by atoms with Crippen LogP contribution >= 0.6 is 0 Å². The zero-order valence-electron chi connectivity index (χ0n) is 26.8. The number of ether oxygens (including phenoxy) is 1. The summed E-state index contributed by atoms with van der Waals surface area (Å²) in [7, 11) is 0. The lowest BCUT2D eigenvalue weighted by Gasteiger charge is -2.21. The Balaban J connectivity index is 2.25. The zero-order valence-corrected chi connectivity index (χ0v) is 26.8. The van der Waals surface area contributed by atoms with Gasteiger partial charge in [-0.15, -0.1) is 0 Å². The van der Waals surface area contributed by atoms with E-state index in [0.29, 0.717) is 18.8 Å². The molecule has 268 valence electrons. The molecule has 0 bridgehead atoms. The van der Waals surface area contributed by atoms with E-state index >= 15 is 0 Å². The molecule has 0 aliphatic rings. The molecule has 1 aromatic carbocycles. The first kappa shape index (κ1) is 41.3. The van der Waals surface area contributed by atoms with Crippen LogP contribution in [-0.4, -0.2) is 106 Å². The number of aromatic carboxylic acids is 1. The van der Waals surface area contributed by atoms with E-state index in [4.69, 9.17) is 15.6 Å².